The number of esters is 1. The first kappa shape index (κ1) is 19.9. The van der Waals surface area contributed by atoms with E-state index in [-0.39, 0.29) is 17.9 Å². The molecule has 1 saturated heterocycles. The lowest BCUT2D eigenvalue weighted by Gasteiger charge is -2.28. The van der Waals surface area contributed by atoms with Crippen LogP contribution in [0.25, 0.3) is 0 Å². The largest absolute Gasteiger partial charge is 0.462 e. The van der Waals surface area contributed by atoms with E-state index in [9.17, 15) is 18.0 Å². The van der Waals surface area contributed by atoms with Crippen LogP contribution in [0.2, 0.25) is 0 Å². The first-order valence-electron chi connectivity index (χ1n) is 9.10. The smallest absolute Gasteiger partial charge is 0.340 e. The number of hydrogen-bond acceptors (Lipinski definition) is 5. The van der Waals surface area contributed by atoms with Gasteiger partial charge in [0.25, 0.3) is 5.91 Å². The van der Waals surface area contributed by atoms with Crippen LogP contribution in [0.1, 0.15) is 40.5 Å². The van der Waals surface area contributed by atoms with Gasteiger partial charge in [-0.3, -0.25) is 9.10 Å². The molecule has 0 spiro atoms. The van der Waals surface area contributed by atoms with Crippen molar-refractivity contribution in [3.05, 3.63) is 59.7 Å². The molecular formula is C20H22N2O5S. The molecule has 0 aliphatic carbocycles. The van der Waals surface area contributed by atoms with E-state index in [1.807, 2.05) is 0 Å². The highest BCUT2D eigenvalue weighted by molar-refractivity contribution is 7.92. The first-order valence-corrected chi connectivity index (χ1v) is 10.7. The van der Waals surface area contributed by atoms with Crippen molar-refractivity contribution in [3.8, 4) is 0 Å². The molecule has 3 rings (SSSR count). The normalized spacial score (nSPS) is 15.7. The molecule has 1 N–H and O–H groups in total. The van der Waals surface area contributed by atoms with Gasteiger partial charge >= 0.3 is 5.97 Å². The highest BCUT2D eigenvalue weighted by Crippen LogP contribution is 2.24. The Morgan fingerprint density at radius 1 is 1.07 bits per heavy atom. The summed E-state index contributed by atoms with van der Waals surface area (Å²) in [5.41, 5.74) is 1.53. The van der Waals surface area contributed by atoms with Gasteiger partial charge < -0.3 is 10.1 Å². The van der Waals surface area contributed by atoms with Crippen molar-refractivity contribution in [2.45, 2.75) is 19.8 Å². The molecule has 28 heavy (non-hydrogen) atoms. The quantitative estimate of drug-likeness (QED) is 0.776. The highest BCUT2D eigenvalue weighted by atomic mass is 32.2. The predicted octanol–water partition coefficient (Wildman–Crippen LogP) is 3.05. The molecule has 1 aliphatic heterocycles. The van der Waals surface area contributed by atoms with Gasteiger partial charge in [0.05, 0.1) is 29.3 Å². The number of amides is 1. The molecule has 7 nitrogen and oxygen atoms in total. The summed E-state index contributed by atoms with van der Waals surface area (Å²) in [7, 11) is -3.30. The summed E-state index contributed by atoms with van der Waals surface area (Å²) in [4.78, 5) is 24.6. The van der Waals surface area contributed by atoms with E-state index in [2.05, 4.69) is 5.32 Å². The van der Waals surface area contributed by atoms with Gasteiger partial charge in [0.1, 0.15) is 0 Å². The number of anilines is 2. The lowest BCUT2D eigenvalue weighted by atomic mass is 10.1. The van der Waals surface area contributed by atoms with Gasteiger partial charge in [0, 0.05) is 12.1 Å². The predicted molar refractivity (Wildman–Crippen MR) is 107 cm³/mol. The number of hydrogen-bond donors (Lipinski definition) is 1. The van der Waals surface area contributed by atoms with Crippen molar-refractivity contribution >= 4 is 33.3 Å². The second-order valence-electron chi connectivity index (χ2n) is 6.36. The van der Waals surface area contributed by atoms with Gasteiger partial charge in [-0.05, 0) is 56.2 Å². The molecule has 1 heterocycles. The van der Waals surface area contributed by atoms with E-state index >= 15 is 0 Å². The van der Waals surface area contributed by atoms with Crippen LogP contribution in [0, 0.1) is 0 Å². The van der Waals surface area contributed by atoms with Gasteiger partial charge in [-0.1, -0.05) is 12.1 Å². The molecule has 0 bridgehead atoms. The van der Waals surface area contributed by atoms with Crippen LogP contribution in [-0.2, 0) is 14.8 Å². The number of benzene rings is 2. The number of sulfonamides is 1. The molecule has 0 atom stereocenters. The summed E-state index contributed by atoms with van der Waals surface area (Å²) >= 11 is 0. The van der Waals surface area contributed by atoms with Crippen molar-refractivity contribution in [2.75, 3.05) is 28.5 Å². The lowest BCUT2D eigenvalue weighted by molar-refractivity contribution is 0.0527. The van der Waals surface area contributed by atoms with Gasteiger partial charge in [-0.15, -0.1) is 0 Å². The Morgan fingerprint density at radius 3 is 2.46 bits per heavy atom. The molecule has 0 radical (unpaired) electrons. The molecule has 2 aromatic rings. The van der Waals surface area contributed by atoms with Crippen LogP contribution < -0.4 is 9.62 Å². The van der Waals surface area contributed by atoms with Gasteiger partial charge in [0.2, 0.25) is 10.0 Å². The topological polar surface area (TPSA) is 92.8 Å². The fourth-order valence-corrected chi connectivity index (χ4v) is 4.67. The van der Waals surface area contributed by atoms with Crippen molar-refractivity contribution in [2.24, 2.45) is 0 Å². The number of nitrogens with zero attached hydrogens (tertiary/aromatic N) is 1. The van der Waals surface area contributed by atoms with Crippen molar-refractivity contribution in [1.29, 1.82) is 0 Å². The van der Waals surface area contributed by atoms with Crippen molar-refractivity contribution < 1.29 is 22.7 Å². The molecule has 148 valence electrons. The van der Waals surface area contributed by atoms with E-state index in [1.165, 1.54) is 4.31 Å². The Labute approximate surface area is 164 Å². The second-order valence-corrected chi connectivity index (χ2v) is 8.38. The average molecular weight is 402 g/mol. The maximum atomic E-state index is 12.6. The van der Waals surface area contributed by atoms with E-state index in [4.69, 9.17) is 4.74 Å². The Bertz CT molecular complexity index is 970. The number of ether oxygens (including phenoxy) is 1. The Morgan fingerprint density at radius 2 is 1.79 bits per heavy atom. The maximum Gasteiger partial charge on any atom is 0.340 e. The summed E-state index contributed by atoms with van der Waals surface area (Å²) in [5.74, 6) is -0.770. The molecule has 0 aromatic heterocycles. The third-order valence-corrected chi connectivity index (χ3v) is 6.31. The minimum atomic E-state index is -3.30. The molecule has 1 aliphatic rings. The van der Waals surface area contributed by atoms with Gasteiger partial charge in [-0.25, -0.2) is 13.2 Å². The van der Waals surface area contributed by atoms with Crippen LogP contribution in [-0.4, -0.2) is 39.2 Å². The summed E-state index contributed by atoms with van der Waals surface area (Å²) in [6, 6.07) is 13.0. The summed E-state index contributed by atoms with van der Waals surface area (Å²) in [6.07, 6.45) is 1.48. The maximum absolute atomic E-state index is 12.6. The van der Waals surface area contributed by atoms with Crippen LogP contribution in [0.4, 0.5) is 11.4 Å². The summed E-state index contributed by atoms with van der Waals surface area (Å²) < 4.78 is 30.8. The molecule has 2 aromatic carbocycles. The van der Waals surface area contributed by atoms with Crippen molar-refractivity contribution in [3.63, 3.8) is 0 Å². The minimum absolute atomic E-state index is 0.139. The van der Waals surface area contributed by atoms with Crippen LogP contribution in [0.3, 0.4) is 0 Å². The van der Waals surface area contributed by atoms with E-state index < -0.39 is 21.9 Å². The van der Waals surface area contributed by atoms with E-state index in [0.717, 1.165) is 6.42 Å². The molecule has 1 fully saturated rings. The molecular weight excluding hydrogens is 380 g/mol. The van der Waals surface area contributed by atoms with Crippen LogP contribution in [0.15, 0.2) is 48.5 Å². The minimum Gasteiger partial charge on any atom is -0.462 e. The lowest BCUT2D eigenvalue weighted by Crippen LogP contribution is -2.37. The fourth-order valence-electron chi connectivity index (χ4n) is 3.03. The number of para-hydroxylation sites is 1. The Hall–Kier alpha value is -2.87. The van der Waals surface area contributed by atoms with E-state index in [1.54, 1.807) is 55.5 Å². The third-order valence-electron chi connectivity index (χ3n) is 4.44. The molecule has 8 heteroatoms. The zero-order chi connectivity index (χ0) is 20.1. The van der Waals surface area contributed by atoms with E-state index in [0.29, 0.717) is 29.9 Å². The first-order chi connectivity index (χ1) is 13.4. The van der Waals surface area contributed by atoms with Crippen molar-refractivity contribution in [1.82, 2.24) is 0 Å². The number of rotatable bonds is 5. The zero-order valence-corrected chi connectivity index (χ0v) is 16.4. The third kappa shape index (κ3) is 4.33. The summed E-state index contributed by atoms with van der Waals surface area (Å²) in [5, 5.41) is 2.71. The second kappa shape index (κ2) is 8.43. The molecule has 1 amide bonds. The Kier molecular flexibility index (Phi) is 5.99. The number of carbonyl (C=O) groups excluding carboxylic acids is 2. The van der Waals surface area contributed by atoms with Gasteiger partial charge in [-0.2, -0.15) is 0 Å². The summed E-state index contributed by atoms with van der Waals surface area (Å²) in [6.45, 7) is 2.39. The number of carbonyl (C=O) groups is 2. The standard InChI is InChI=1S/C20H22N2O5S/c1-2-27-20(24)17-7-3-4-8-18(17)21-19(23)15-9-11-16(12-10-15)22-13-5-6-14-28(22,25)26/h3-4,7-12H,2,5-6,13-14H2,1H3,(H,21,23). The van der Waals surface area contributed by atoms with Crippen LogP contribution >= 0.6 is 0 Å². The zero-order valence-electron chi connectivity index (χ0n) is 15.6. The van der Waals surface area contributed by atoms with Crippen LogP contribution in [0.5, 0.6) is 0 Å². The highest BCUT2D eigenvalue weighted by Gasteiger charge is 2.26. The fraction of sp³-hybridized carbons (Fsp3) is 0.300. The number of nitrogens with one attached hydrogen (secondary N) is 1. The molecule has 0 saturated carbocycles. The SMILES string of the molecule is CCOC(=O)c1ccccc1NC(=O)c1ccc(N2CCCCS2(=O)=O)cc1. The van der Waals surface area contributed by atoms with Gasteiger partial charge in [0.15, 0.2) is 0 Å². The Balaban J connectivity index is 1.77. The monoisotopic (exact) mass is 402 g/mol. The average Bonchev–Trinajstić information content (AvgIpc) is 2.68. The molecule has 0 unspecified atom stereocenters.